The minimum Gasteiger partial charge on any atom is -0.497 e. The lowest BCUT2D eigenvalue weighted by Gasteiger charge is -2.27. The number of alkyl halides is 1. The number of benzene rings is 2. The molecule has 2 nitrogen and oxygen atoms in total. The molecule has 0 saturated carbocycles. The molecule has 0 aliphatic heterocycles. The van der Waals surface area contributed by atoms with Crippen molar-refractivity contribution in [3.05, 3.63) is 59.7 Å². The highest BCUT2D eigenvalue weighted by molar-refractivity contribution is 14.1. The van der Waals surface area contributed by atoms with Gasteiger partial charge in [0.05, 0.1) is 7.11 Å². The molecule has 0 saturated heterocycles. The average molecular weight is 450 g/mol. The molecule has 0 amide bonds. The Kier molecular flexibility index (Phi) is 5.23. The normalized spacial score (nSPS) is 13.9. The predicted octanol–water partition coefficient (Wildman–Crippen LogP) is 3.73. The van der Waals surface area contributed by atoms with Crippen molar-refractivity contribution in [1.29, 1.82) is 0 Å². The Labute approximate surface area is 138 Å². The van der Waals surface area contributed by atoms with E-state index in [-0.39, 0.29) is 0 Å². The minimum atomic E-state index is -0.405. The van der Waals surface area contributed by atoms with Gasteiger partial charge in [0, 0.05) is 22.9 Å². The molecule has 0 spiro atoms. The van der Waals surface area contributed by atoms with Crippen molar-refractivity contribution in [2.24, 2.45) is 0 Å². The first-order valence-electron chi connectivity index (χ1n) is 5.67. The summed E-state index contributed by atoms with van der Waals surface area (Å²) in [5.74, 6) is 0.854. The summed E-state index contributed by atoms with van der Waals surface area (Å²) in [6.07, 6.45) is 0. The van der Waals surface area contributed by atoms with Crippen LogP contribution in [-0.4, -0.2) is 7.11 Å². The first-order valence-corrected chi connectivity index (χ1v) is 8.12. The lowest BCUT2D eigenvalue weighted by molar-refractivity contribution is 0.414. The maximum atomic E-state index is 5.20. The van der Waals surface area contributed by atoms with Gasteiger partial charge in [-0.15, -0.1) is 9.24 Å². The van der Waals surface area contributed by atoms with Crippen LogP contribution in [-0.2, 0) is 4.45 Å². The van der Waals surface area contributed by atoms with Crippen molar-refractivity contribution in [3.63, 3.8) is 0 Å². The van der Waals surface area contributed by atoms with Crippen molar-refractivity contribution in [1.82, 2.24) is 3.53 Å². The Morgan fingerprint density at radius 3 is 1.95 bits per heavy atom. The zero-order chi connectivity index (χ0) is 13.9. The van der Waals surface area contributed by atoms with Crippen LogP contribution in [0, 0.1) is 0 Å². The van der Waals surface area contributed by atoms with E-state index in [0.29, 0.717) is 0 Å². The van der Waals surface area contributed by atoms with E-state index in [1.165, 1.54) is 5.30 Å². The number of nitrogens with one attached hydrogen (secondary N) is 1. The van der Waals surface area contributed by atoms with E-state index >= 15 is 0 Å². The number of hydrogen-bond donors (Lipinski definition) is 1. The summed E-state index contributed by atoms with van der Waals surface area (Å²) in [5.41, 5.74) is 2.28. The molecule has 2 rings (SSSR count). The van der Waals surface area contributed by atoms with Crippen molar-refractivity contribution in [2.45, 2.75) is 4.45 Å². The molecule has 19 heavy (non-hydrogen) atoms. The standard InChI is InChI=1S/C14H14BrINOP/c1-18-12-6-2-10(3-7-12)14(15,17-16)11-4-8-13(19)9-5-11/h2-9,17H,19H2,1H3. The molecule has 2 aromatic rings. The van der Waals surface area contributed by atoms with Crippen LogP contribution in [0.25, 0.3) is 0 Å². The Morgan fingerprint density at radius 1 is 1.05 bits per heavy atom. The van der Waals surface area contributed by atoms with Crippen molar-refractivity contribution in [2.75, 3.05) is 7.11 Å². The SMILES string of the molecule is COc1ccc(C(Br)(NI)c2ccc(P)cc2)cc1. The molecular weight excluding hydrogens is 436 g/mol. The largest absolute Gasteiger partial charge is 0.497 e. The summed E-state index contributed by atoms with van der Waals surface area (Å²) in [6, 6.07) is 16.4. The third-order valence-electron chi connectivity index (χ3n) is 2.93. The first kappa shape index (κ1) is 15.2. The van der Waals surface area contributed by atoms with Crippen LogP contribution in [0.2, 0.25) is 0 Å². The average Bonchev–Trinajstić information content (AvgIpc) is 2.47. The molecule has 0 heterocycles. The van der Waals surface area contributed by atoms with Crippen molar-refractivity contribution in [3.8, 4) is 5.75 Å². The summed E-state index contributed by atoms with van der Waals surface area (Å²) in [6.45, 7) is 0. The molecule has 1 N–H and O–H groups in total. The second kappa shape index (κ2) is 6.53. The van der Waals surface area contributed by atoms with Gasteiger partial charge in [0.2, 0.25) is 0 Å². The van der Waals surface area contributed by atoms with Crippen LogP contribution in [0.5, 0.6) is 5.75 Å². The predicted molar refractivity (Wildman–Crippen MR) is 95.6 cm³/mol. The summed E-state index contributed by atoms with van der Waals surface area (Å²) >= 11 is 5.97. The Bertz CT molecular complexity index is 546. The number of halogens is 2. The zero-order valence-electron chi connectivity index (χ0n) is 10.4. The monoisotopic (exact) mass is 449 g/mol. The molecule has 2 unspecified atom stereocenters. The van der Waals surface area contributed by atoms with Crippen LogP contribution in [0.1, 0.15) is 11.1 Å². The second-order valence-electron chi connectivity index (χ2n) is 4.10. The fourth-order valence-corrected chi connectivity index (χ4v) is 3.15. The van der Waals surface area contributed by atoms with Gasteiger partial charge in [-0.3, -0.25) is 0 Å². The summed E-state index contributed by atoms with van der Waals surface area (Å²) in [7, 11) is 4.37. The molecule has 0 radical (unpaired) electrons. The van der Waals surface area contributed by atoms with E-state index in [1.54, 1.807) is 7.11 Å². The molecule has 0 aliphatic carbocycles. The van der Waals surface area contributed by atoms with Gasteiger partial charge in [-0.05, 0) is 28.6 Å². The lowest BCUT2D eigenvalue weighted by Crippen LogP contribution is -2.30. The maximum Gasteiger partial charge on any atom is 0.133 e. The van der Waals surface area contributed by atoms with E-state index in [9.17, 15) is 0 Å². The molecule has 0 bridgehead atoms. The topological polar surface area (TPSA) is 21.3 Å². The maximum absolute atomic E-state index is 5.20. The summed E-state index contributed by atoms with van der Waals surface area (Å²) < 4.78 is 8.10. The molecule has 5 heteroatoms. The summed E-state index contributed by atoms with van der Waals surface area (Å²) in [5, 5.41) is 1.17. The van der Waals surface area contributed by atoms with E-state index in [1.807, 2.05) is 24.3 Å². The lowest BCUT2D eigenvalue weighted by atomic mass is 9.99. The number of hydrogen-bond acceptors (Lipinski definition) is 2. The van der Waals surface area contributed by atoms with Crippen LogP contribution >= 0.6 is 48.0 Å². The highest BCUT2D eigenvalue weighted by Gasteiger charge is 2.29. The molecule has 0 aliphatic rings. The van der Waals surface area contributed by atoms with Gasteiger partial charge >= 0.3 is 0 Å². The smallest absolute Gasteiger partial charge is 0.133 e. The molecule has 100 valence electrons. The Morgan fingerprint density at radius 2 is 1.53 bits per heavy atom. The molecule has 0 fully saturated rings. The van der Waals surface area contributed by atoms with Gasteiger partial charge in [-0.1, -0.05) is 52.3 Å². The highest BCUT2D eigenvalue weighted by Crippen LogP contribution is 2.37. The third-order valence-corrected chi connectivity index (χ3v) is 5.98. The van der Waals surface area contributed by atoms with Crippen LogP contribution in [0.3, 0.4) is 0 Å². The van der Waals surface area contributed by atoms with Gasteiger partial charge in [-0.25, -0.2) is 3.53 Å². The first-order chi connectivity index (χ1) is 9.10. The number of ether oxygens (including phenoxy) is 1. The van der Waals surface area contributed by atoms with E-state index in [2.05, 4.69) is 75.8 Å². The van der Waals surface area contributed by atoms with Crippen LogP contribution in [0.4, 0.5) is 0 Å². The fourth-order valence-electron chi connectivity index (χ4n) is 1.81. The van der Waals surface area contributed by atoms with Crippen LogP contribution in [0.15, 0.2) is 48.5 Å². The van der Waals surface area contributed by atoms with Crippen molar-refractivity contribution >= 4 is 53.3 Å². The molecule has 0 aromatic heterocycles. The zero-order valence-corrected chi connectivity index (χ0v) is 15.3. The number of methoxy groups -OCH3 is 1. The van der Waals surface area contributed by atoms with E-state index < -0.39 is 4.45 Å². The fraction of sp³-hybridized carbons (Fsp3) is 0.143. The Balaban J connectivity index is 2.43. The van der Waals surface area contributed by atoms with E-state index in [4.69, 9.17) is 4.74 Å². The van der Waals surface area contributed by atoms with Gasteiger partial charge in [0.15, 0.2) is 0 Å². The minimum absolute atomic E-state index is 0.405. The van der Waals surface area contributed by atoms with E-state index in [0.717, 1.165) is 16.9 Å². The second-order valence-corrected chi connectivity index (χ2v) is 6.50. The third kappa shape index (κ3) is 3.30. The molecular formula is C14H14BrINOP. The summed E-state index contributed by atoms with van der Waals surface area (Å²) in [4.78, 5) is 0. The van der Waals surface area contributed by atoms with Gasteiger partial charge in [0.25, 0.3) is 0 Å². The highest BCUT2D eigenvalue weighted by atomic mass is 127. The van der Waals surface area contributed by atoms with Crippen molar-refractivity contribution < 1.29 is 4.74 Å². The van der Waals surface area contributed by atoms with Gasteiger partial charge in [-0.2, -0.15) is 0 Å². The van der Waals surface area contributed by atoms with Crippen LogP contribution < -0.4 is 13.6 Å². The van der Waals surface area contributed by atoms with Gasteiger partial charge < -0.3 is 4.74 Å². The van der Waals surface area contributed by atoms with Gasteiger partial charge in [0.1, 0.15) is 10.2 Å². The number of rotatable bonds is 4. The molecule has 2 atom stereocenters. The Hall–Kier alpha value is -0.160. The molecule has 2 aromatic carbocycles. The quantitative estimate of drug-likeness (QED) is 0.252.